The fourth-order valence-electron chi connectivity index (χ4n) is 3.52. The van der Waals surface area contributed by atoms with Crippen molar-refractivity contribution < 1.29 is 22.9 Å². The molecule has 9 nitrogen and oxygen atoms in total. The molecule has 0 aromatic carbocycles. The first-order valence-corrected chi connectivity index (χ1v) is 9.02. The summed E-state index contributed by atoms with van der Waals surface area (Å²) in [6.45, 7) is -1.38. The Bertz CT molecular complexity index is 1030. The quantitative estimate of drug-likeness (QED) is 0.591. The van der Waals surface area contributed by atoms with E-state index in [2.05, 4.69) is 35.2 Å². The van der Waals surface area contributed by atoms with Crippen LogP contribution in [-0.2, 0) is 4.79 Å². The van der Waals surface area contributed by atoms with Crippen molar-refractivity contribution in [2.45, 2.75) is 37.4 Å². The largest absolute Gasteiger partial charge is 0.405 e. The highest BCUT2D eigenvalue weighted by molar-refractivity contribution is 5.91. The van der Waals surface area contributed by atoms with Gasteiger partial charge in [0, 0.05) is 6.20 Å². The zero-order valence-electron chi connectivity index (χ0n) is 15.2. The minimum atomic E-state index is -4.48. The summed E-state index contributed by atoms with van der Waals surface area (Å²) in [6, 6.07) is 0. The predicted octanol–water partition coefficient (Wildman–Crippen LogP) is 1.63. The van der Waals surface area contributed by atoms with E-state index in [0.717, 1.165) is 5.39 Å². The first-order valence-electron chi connectivity index (χ1n) is 9.02. The Kier molecular flexibility index (Phi) is 4.76. The van der Waals surface area contributed by atoms with Crippen LogP contribution < -0.4 is 15.6 Å². The van der Waals surface area contributed by atoms with E-state index in [9.17, 15) is 18.0 Å². The third kappa shape index (κ3) is 3.96. The lowest BCUT2D eigenvalue weighted by Crippen LogP contribution is -2.52. The fraction of sp³-hybridized carbons (Fsp3) is 0.412. The molecular formula is C17H18F3N8O+. The van der Waals surface area contributed by atoms with Crippen molar-refractivity contribution in [3.8, 4) is 11.4 Å². The summed E-state index contributed by atoms with van der Waals surface area (Å²) < 4.78 is 37.5. The molecule has 12 heteroatoms. The smallest absolute Gasteiger partial charge is 0.345 e. The number of aromatic amines is 2. The van der Waals surface area contributed by atoms with Crippen molar-refractivity contribution in [3.05, 3.63) is 25.0 Å². The maximum Gasteiger partial charge on any atom is 0.405 e. The normalized spacial score (nSPS) is 16.1. The van der Waals surface area contributed by atoms with Gasteiger partial charge in [-0.3, -0.25) is 4.79 Å². The number of carbonyl (C=O) groups excluding carboxylic acids is 1. The van der Waals surface area contributed by atoms with E-state index in [1.807, 2.05) is 5.32 Å². The zero-order valence-corrected chi connectivity index (χ0v) is 15.2. The molecule has 0 saturated heterocycles. The van der Waals surface area contributed by atoms with Crippen LogP contribution in [0.25, 0.3) is 22.4 Å². The number of nitrogens with one attached hydrogen (secondary N) is 4. The number of aromatic nitrogens is 6. The molecule has 1 amide bonds. The highest BCUT2D eigenvalue weighted by Crippen LogP contribution is 2.33. The van der Waals surface area contributed by atoms with Crippen molar-refractivity contribution in [2.24, 2.45) is 0 Å². The van der Waals surface area contributed by atoms with Crippen LogP contribution in [0.1, 0.15) is 25.7 Å². The van der Waals surface area contributed by atoms with Gasteiger partial charge in [-0.05, 0) is 17.8 Å². The molecule has 0 aliphatic heterocycles. The molecule has 3 aromatic rings. The molecule has 29 heavy (non-hydrogen) atoms. The summed E-state index contributed by atoms with van der Waals surface area (Å²) in [7, 11) is 0. The summed E-state index contributed by atoms with van der Waals surface area (Å²) in [5.41, 5.74) is 0.142. The van der Waals surface area contributed by atoms with E-state index < -0.39 is 24.2 Å². The molecule has 0 spiro atoms. The molecule has 1 fully saturated rings. The van der Waals surface area contributed by atoms with Crippen LogP contribution in [-0.4, -0.2) is 49.1 Å². The topological polar surface area (TPSA) is 123 Å². The molecule has 0 bridgehead atoms. The van der Waals surface area contributed by atoms with E-state index in [1.54, 1.807) is 12.4 Å². The Hall–Kier alpha value is -3.31. The lowest BCUT2D eigenvalue weighted by molar-refractivity contribution is -0.380. The summed E-state index contributed by atoms with van der Waals surface area (Å²) in [5.74, 6) is -0.236. The molecule has 152 valence electrons. The maximum atomic E-state index is 12.5. The Balaban J connectivity index is 1.59. The molecule has 1 aliphatic carbocycles. The average Bonchev–Trinajstić information content (AvgIpc) is 3.33. The number of halogens is 3. The number of anilines is 1. The van der Waals surface area contributed by atoms with Crippen molar-refractivity contribution in [3.63, 3.8) is 0 Å². The third-order valence-electron chi connectivity index (χ3n) is 4.90. The average molecular weight is 407 g/mol. The molecule has 0 atom stereocenters. The standard InChI is InChI=1S/C17H17F3N8O/c18-17(19,20)7-23-14(29)16(3-1-2-4-16)28-15-26-9-25-13(27-15)11-6-22-12-10(11)5-21-8-24-12/h5-6,8-9H,1-4,7H2,(H,23,29)(H,21,22,24)(H,25,26,27,28)/p+1. The van der Waals surface area contributed by atoms with E-state index in [-0.39, 0.29) is 5.95 Å². The predicted molar refractivity (Wildman–Crippen MR) is 95.4 cm³/mol. The zero-order chi connectivity index (χ0) is 20.5. The van der Waals surface area contributed by atoms with Crippen LogP contribution in [0.15, 0.2) is 25.0 Å². The van der Waals surface area contributed by atoms with Crippen molar-refractivity contribution in [1.29, 1.82) is 0 Å². The van der Waals surface area contributed by atoms with E-state index >= 15 is 0 Å². The molecule has 3 heterocycles. The number of carbonyl (C=O) groups is 1. The molecule has 1 aliphatic rings. The maximum absolute atomic E-state index is 12.5. The Labute approximate surface area is 162 Å². The van der Waals surface area contributed by atoms with Crippen LogP contribution >= 0.6 is 0 Å². The first kappa shape index (κ1) is 19.0. The van der Waals surface area contributed by atoms with Gasteiger partial charge in [-0.25, -0.2) is 15.0 Å². The number of alkyl halides is 3. The molecule has 4 rings (SSSR count). The van der Waals surface area contributed by atoms with E-state index in [4.69, 9.17) is 0 Å². The van der Waals surface area contributed by atoms with Gasteiger partial charge in [-0.1, -0.05) is 12.8 Å². The van der Waals surface area contributed by atoms with Gasteiger partial charge in [0.25, 0.3) is 12.0 Å². The lowest BCUT2D eigenvalue weighted by Gasteiger charge is -2.29. The Morgan fingerprint density at radius 3 is 2.79 bits per heavy atom. The second-order valence-corrected chi connectivity index (χ2v) is 6.88. The second-order valence-electron chi connectivity index (χ2n) is 6.88. The van der Waals surface area contributed by atoms with Gasteiger partial charge in [-0.15, -0.1) is 0 Å². The van der Waals surface area contributed by atoms with Crippen LogP contribution in [0.5, 0.6) is 0 Å². The number of hydrogen-bond donors (Lipinski definition) is 3. The van der Waals surface area contributed by atoms with Crippen molar-refractivity contribution in [2.75, 3.05) is 11.9 Å². The number of H-pyrrole nitrogens is 2. The minimum absolute atomic E-state index is 0.126. The van der Waals surface area contributed by atoms with Crippen LogP contribution in [0.4, 0.5) is 19.1 Å². The number of hydrogen-bond acceptors (Lipinski definition) is 6. The summed E-state index contributed by atoms with van der Waals surface area (Å²) in [5, 5.41) is 5.71. The van der Waals surface area contributed by atoms with Crippen molar-refractivity contribution >= 4 is 22.9 Å². The Morgan fingerprint density at radius 1 is 1.24 bits per heavy atom. The Morgan fingerprint density at radius 2 is 2.03 bits per heavy atom. The van der Waals surface area contributed by atoms with Gasteiger partial charge in [0.15, 0.2) is 5.82 Å². The van der Waals surface area contributed by atoms with Gasteiger partial charge in [0.2, 0.25) is 11.9 Å². The summed E-state index contributed by atoms with van der Waals surface area (Å²) in [6.07, 6.45) is 4.01. The molecule has 1 saturated carbocycles. The van der Waals surface area contributed by atoms with Gasteiger partial charge in [0.1, 0.15) is 24.6 Å². The third-order valence-corrected chi connectivity index (χ3v) is 4.90. The lowest BCUT2D eigenvalue weighted by atomic mass is 9.96. The van der Waals surface area contributed by atoms with Crippen LogP contribution in [0.2, 0.25) is 0 Å². The second kappa shape index (κ2) is 7.26. The van der Waals surface area contributed by atoms with Gasteiger partial charge >= 0.3 is 6.18 Å². The molecular weight excluding hydrogens is 389 g/mol. The van der Waals surface area contributed by atoms with Crippen LogP contribution in [0, 0.1) is 0 Å². The number of rotatable bonds is 5. The molecule has 4 N–H and O–H groups in total. The van der Waals surface area contributed by atoms with Crippen LogP contribution in [0.3, 0.4) is 0 Å². The highest BCUT2D eigenvalue weighted by atomic mass is 19.4. The highest BCUT2D eigenvalue weighted by Gasteiger charge is 2.43. The fourth-order valence-corrected chi connectivity index (χ4v) is 3.52. The minimum Gasteiger partial charge on any atom is -0.345 e. The summed E-state index contributed by atoms with van der Waals surface area (Å²) >= 11 is 0. The molecule has 3 aromatic heterocycles. The SMILES string of the molecule is O=C(NCC(F)(F)F)C1(Nc2ncnc(-c3c[nH]c4nc[nH+]cc34)n2)CCCC1. The number of nitrogens with zero attached hydrogens (tertiary/aromatic N) is 4. The van der Waals surface area contributed by atoms with E-state index in [0.29, 0.717) is 42.7 Å². The van der Waals surface area contributed by atoms with E-state index in [1.165, 1.54) is 12.7 Å². The number of amides is 1. The summed E-state index contributed by atoms with van der Waals surface area (Å²) in [4.78, 5) is 35.2. The molecule has 0 unspecified atom stereocenters. The number of fused-ring (bicyclic) bond motifs is 1. The monoisotopic (exact) mass is 407 g/mol. The van der Waals surface area contributed by atoms with Gasteiger partial charge in [-0.2, -0.15) is 18.2 Å². The molecule has 0 radical (unpaired) electrons. The van der Waals surface area contributed by atoms with Gasteiger partial charge < -0.3 is 15.6 Å². The van der Waals surface area contributed by atoms with Gasteiger partial charge in [0.05, 0.1) is 10.9 Å². The van der Waals surface area contributed by atoms with Crippen molar-refractivity contribution in [1.82, 2.24) is 30.2 Å². The first-order chi connectivity index (χ1) is 13.9.